The van der Waals surface area contributed by atoms with Gasteiger partial charge in [0.15, 0.2) is 11.5 Å². The van der Waals surface area contributed by atoms with Crippen LogP contribution in [-0.2, 0) is 0 Å². The molecule has 0 saturated carbocycles. The maximum absolute atomic E-state index is 13.4. The van der Waals surface area contributed by atoms with Crippen LogP contribution >= 0.6 is 11.6 Å². The van der Waals surface area contributed by atoms with Gasteiger partial charge in [-0.2, -0.15) is 0 Å². The average molecular weight is 421 g/mol. The van der Waals surface area contributed by atoms with Crippen LogP contribution in [0.2, 0.25) is 5.02 Å². The molecule has 1 aliphatic heterocycles. The van der Waals surface area contributed by atoms with E-state index in [-0.39, 0.29) is 11.8 Å². The van der Waals surface area contributed by atoms with E-state index in [2.05, 4.69) is 0 Å². The molecule has 0 atom stereocenters. The number of amides is 2. The number of ether oxygens (including phenoxy) is 2. The third-order valence-electron chi connectivity index (χ3n) is 4.69. The minimum absolute atomic E-state index is 0.203. The molecule has 0 aromatic heterocycles. The zero-order valence-electron chi connectivity index (χ0n) is 16.3. The van der Waals surface area contributed by atoms with Crippen molar-refractivity contribution in [2.24, 2.45) is 0 Å². The molecule has 2 aromatic carbocycles. The minimum atomic E-state index is -0.453. The Balaban J connectivity index is 1.68. The number of carbonyl (C=O) groups is 2. The second kappa shape index (κ2) is 9.13. The molecule has 2 aromatic rings. The van der Waals surface area contributed by atoms with E-state index in [9.17, 15) is 14.0 Å². The van der Waals surface area contributed by atoms with Gasteiger partial charge in [0.05, 0.1) is 18.7 Å². The van der Waals surface area contributed by atoms with Gasteiger partial charge in [-0.15, -0.1) is 0 Å². The van der Waals surface area contributed by atoms with Crippen molar-refractivity contribution in [3.8, 4) is 11.5 Å². The highest BCUT2D eigenvalue weighted by Crippen LogP contribution is 2.36. The van der Waals surface area contributed by atoms with Crippen molar-refractivity contribution in [1.29, 1.82) is 0 Å². The van der Waals surface area contributed by atoms with E-state index < -0.39 is 5.82 Å². The lowest BCUT2D eigenvalue weighted by Crippen LogP contribution is -2.50. The van der Waals surface area contributed by atoms with Crippen LogP contribution < -0.4 is 9.47 Å². The summed E-state index contributed by atoms with van der Waals surface area (Å²) in [5.41, 5.74) is 0.688. The van der Waals surface area contributed by atoms with E-state index >= 15 is 0 Å². The van der Waals surface area contributed by atoms with Gasteiger partial charge in [0.25, 0.3) is 11.8 Å². The number of halogens is 2. The molecule has 0 radical (unpaired) electrons. The van der Waals surface area contributed by atoms with Gasteiger partial charge in [-0.05, 0) is 37.3 Å². The molecule has 3 rings (SSSR count). The molecule has 1 saturated heterocycles. The summed E-state index contributed by atoms with van der Waals surface area (Å²) in [5.74, 6) is -0.110. The van der Waals surface area contributed by atoms with Crippen LogP contribution in [0.15, 0.2) is 36.4 Å². The molecule has 0 bridgehead atoms. The normalized spacial score (nSPS) is 13.9. The summed E-state index contributed by atoms with van der Waals surface area (Å²) < 4.78 is 24.1. The van der Waals surface area contributed by atoms with Crippen LogP contribution in [0, 0.1) is 5.82 Å². The predicted molar refractivity (Wildman–Crippen MR) is 107 cm³/mol. The zero-order valence-corrected chi connectivity index (χ0v) is 17.0. The lowest BCUT2D eigenvalue weighted by Gasteiger charge is -2.35. The third kappa shape index (κ3) is 4.62. The summed E-state index contributed by atoms with van der Waals surface area (Å²) >= 11 is 6.26. The van der Waals surface area contributed by atoms with Gasteiger partial charge < -0.3 is 19.3 Å². The van der Waals surface area contributed by atoms with E-state index in [4.69, 9.17) is 21.1 Å². The van der Waals surface area contributed by atoms with Gasteiger partial charge in [-0.3, -0.25) is 9.59 Å². The van der Waals surface area contributed by atoms with Crippen molar-refractivity contribution in [3.63, 3.8) is 0 Å². The Hall–Kier alpha value is -2.80. The number of piperazine rings is 1. The molecule has 0 N–H and O–H groups in total. The largest absolute Gasteiger partial charge is 0.493 e. The number of rotatable bonds is 5. The molecule has 6 nitrogen and oxygen atoms in total. The average Bonchev–Trinajstić information content (AvgIpc) is 2.74. The molecule has 0 spiro atoms. The highest BCUT2D eigenvalue weighted by Gasteiger charge is 2.27. The fourth-order valence-electron chi connectivity index (χ4n) is 3.23. The lowest BCUT2D eigenvalue weighted by molar-refractivity contribution is 0.0535. The van der Waals surface area contributed by atoms with Crippen molar-refractivity contribution < 1.29 is 23.5 Å². The van der Waals surface area contributed by atoms with Crippen molar-refractivity contribution in [3.05, 3.63) is 58.4 Å². The van der Waals surface area contributed by atoms with Gasteiger partial charge in [-0.25, -0.2) is 4.39 Å². The predicted octanol–water partition coefficient (Wildman–Crippen LogP) is 3.48. The van der Waals surface area contributed by atoms with Crippen LogP contribution in [0.4, 0.5) is 4.39 Å². The fourth-order valence-corrected chi connectivity index (χ4v) is 3.49. The molecule has 0 aliphatic carbocycles. The summed E-state index contributed by atoms with van der Waals surface area (Å²) in [6.45, 7) is 3.72. The van der Waals surface area contributed by atoms with Crippen LogP contribution in [0.5, 0.6) is 11.5 Å². The molecule has 1 fully saturated rings. The third-order valence-corrected chi connectivity index (χ3v) is 4.97. The summed E-state index contributed by atoms with van der Waals surface area (Å²) in [7, 11) is 1.49. The highest BCUT2D eigenvalue weighted by atomic mass is 35.5. The summed E-state index contributed by atoms with van der Waals surface area (Å²) in [6.07, 6.45) is 0. The van der Waals surface area contributed by atoms with E-state index in [0.717, 1.165) is 0 Å². The summed E-state index contributed by atoms with van der Waals surface area (Å²) in [4.78, 5) is 28.7. The molecular weight excluding hydrogens is 399 g/mol. The number of methoxy groups -OCH3 is 1. The van der Waals surface area contributed by atoms with Crippen molar-refractivity contribution in [2.75, 3.05) is 39.9 Å². The monoisotopic (exact) mass is 420 g/mol. The summed E-state index contributed by atoms with van der Waals surface area (Å²) in [6, 6.07) is 8.76. The molecule has 154 valence electrons. The Labute approximate surface area is 173 Å². The quantitative estimate of drug-likeness (QED) is 0.743. The number of benzene rings is 2. The van der Waals surface area contributed by atoms with Crippen molar-refractivity contribution in [2.45, 2.75) is 6.92 Å². The van der Waals surface area contributed by atoms with Gasteiger partial charge in [0, 0.05) is 37.3 Å². The van der Waals surface area contributed by atoms with Crippen molar-refractivity contribution in [1.82, 2.24) is 9.80 Å². The van der Waals surface area contributed by atoms with E-state index in [1.54, 1.807) is 28.0 Å². The Bertz CT molecular complexity index is 914. The molecule has 0 unspecified atom stereocenters. The highest BCUT2D eigenvalue weighted by molar-refractivity contribution is 6.32. The molecule has 2 amide bonds. The van der Waals surface area contributed by atoms with E-state index in [1.807, 2.05) is 6.92 Å². The first kappa shape index (κ1) is 20.9. The van der Waals surface area contributed by atoms with Crippen molar-refractivity contribution >= 4 is 23.4 Å². The number of carbonyl (C=O) groups excluding carboxylic acids is 2. The maximum atomic E-state index is 13.4. The zero-order chi connectivity index (χ0) is 21.0. The smallest absolute Gasteiger partial charge is 0.254 e. The van der Waals surface area contributed by atoms with Gasteiger partial charge in [0.2, 0.25) is 0 Å². The van der Waals surface area contributed by atoms with Gasteiger partial charge in [0.1, 0.15) is 5.82 Å². The number of hydrogen-bond acceptors (Lipinski definition) is 4. The Morgan fingerprint density at radius 2 is 1.66 bits per heavy atom. The van der Waals surface area contributed by atoms with Crippen LogP contribution in [-0.4, -0.2) is 61.5 Å². The van der Waals surface area contributed by atoms with Gasteiger partial charge >= 0.3 is 0 Å². The first-order valence-corrected chi connectivity index (χ1v) is 9.66. The number of hydrogen-bond donors (Lipinski definition) is 0. The van der Waals surface area contributed by atoms with Gasteiger partial charge in [-0.1, -0.05) is 17.7 Å². The maximum Gasteiger partial charge on any atom is 0.254 e. The Morgan fingerprint density at radius 1 is 1.03 bits per heavy atom. The molecule has 1 heterocycles. The topological polar surface area (TPSA) is 59.1 Å². The SMILES string of the molecule is CCOc1c(Cl)cc(C(=O)N2CCN(C(=O)c3cccc(F)c3)CC2)cc1OC. The first-order chi connectivity index (χ1) is 13.9. The molecule has 29 heavy (non-hydrogen) atoms. The van der Waals surface area contributed by atoms with Crippen LogP contribution in [0.3, 0.4) is 0 Å². The van der Waals surface area contributed by atoms with Crippen LogP contribution in [0.25, 0.3) is 0 Å². The summed E-state index contributed by atoms with van der Waals surface area (Å²) in [5, 5.41) is 0.300. The minimum Gasteiger partial charge on any atom is -0.493 e. The second-order valence-electron chi connectivity index (χ2n) is 6.52. The second-order valence-corrected chi connectivity index (χ2v) is 6.92. The fraction of sp³-hybridized carbons (Fsp3) is 0.333. The standard InChI is InChI=1S/C21H22ClFN2O4/c1-3-29-19-17(22)12-15(13-18(19)28-2)21(27)25-9-7-24(8-10-25)20(26)14-5-4-6-16(23)11-14/h4-6,11-13H,3,7-10H2,1-2H3. The lowest BCUT2D eigenvalue weighted by atomic mass is 10.1. The van der Waals surface area contributed by atoms with E-state index in [1.165, 1.54) is 25.3 Å². The van der Waals surface area contributed by atoms with E-state index in [0.29, 0.717) is 60.4 Å². The number of nitrogens with zero attached hydrogens (tertiary/aromatic N) is 2. The Morgan fingerprint density at radius 3 is 2.21 bits per heavy atom. The molecular formula is C21H22ClFN2O4. The first-order valence-electron chi connectivity index (χ1n) is 9.29. The molecule has 8 heteroatoms. The Kier molecular flexibility index (Phi) is 6.59. The van der Waals surface area contributed by atoms with Crippen LogP contribution in [0.1, 0.15) is 27.6 Å². The molecule has 1 aliphatic rings.